The summed E-state index contributed by atoms with van der Waals surface area (Å²) in [6.45, 7) is 13.5. The number of benzene rings is 1. The maximum Gasteiger partial charge on any atom is 0 e. The van der Waals surface area contributed by atoms with Gasteiger partial charge >= 0.3 is 66.9 Å². The van der Waals surface area contributed by atoms with E-state index in [-0.39, 0.29) is 17.1 Å². The first kappa shape index (κ1) is 33.4. The van der Waals surface area contributed by atoms with Crippen molar-refractivity contribution in [3.63, 3.8) is 0 Å². The number of allylic oxidation sites excluding steroid dienone is 3. The second-order valence-corrected chi connectivity index (χ2v) is 6.95. The van der Waals surface area contributed by atoms with E-state index in [0.717, 1.165) is 6.42 Å². The van der Waals surface area contributed by atoms with Crippen molar-refractivity contribution in [1.29, 1.82) is 0 Å². The number of halogens is 6. The second-order valence-electron chi connectivity index (χ2n) is 3.83. The van der Waals surface area contributed by atoms with Gasteiger partial charge in [-0.05, 0) is 18.6 Å². The first-order chi connectivity index (χ1) is 11.9. The standard InChI is InChI=1S/C12H11S.3CO.F6P.Fe/c1-3-7-11(8-4-1)13-12-9-5-2-6-10-12;3*1-2;1-7(2,3,4,5)6;/h1-9H,10H2;;;;;/q;;;;-1;. The SMILES string of the molecule is C1=CC[C](Sc2ccccc2)C=C1.F[P-](F)(F)(F)(F)F.[C-]#[O+].[C-]#[O+].[C-]#[O+].[Fe]. The van der Waals surface area contributed by atoms with E-state index in [1.807, 2.05) is 17.8 Å². The third kappa shape index (κ3) is 36.5. The van der Waals surface area contributed by atoms with Crippen LogP contribution in [0.2, 0.25) is 0 Å². The van der Waals surface area contributed by atoms with Crippen LogP contribution in [-0.2, 0) is 31.0 Å². The van der Waals surface area contributed by atoms with Gasteiger partial charge in [-0.15, -0.1) is 11.8 Å². The largest absolute Gasteiger partial charge is 0 e. The molecule has 0 aromatic heterocycles. The Morgan fingerprint density at radius 3 is 1.52 bits per heavy atom. The van der Waals surface area contributed by atoms with Crippen molar-refractivity contribution in [2.24, 2.45) is 0 Å². The van der Waals surface area contributed by atoms with Crippen LogP contribution in [0.25, 0.3) is 0 Å². The maximum atomic E-state index is 9.87. The summed E-state index contributed by atoms with van der Waals surface area (Å²) in [5, 5.41) is 1.41. The zero-order chi connectivity index (χ0) is 21.3. The van der Waals surface area contributed by atoms with Crippen LogP contribution in [0.3, 0.4) is 0 Å². The first-order valence-corrected chi connectivity index (χ1v) is 8.84. The molecule has 1 aliphatic rings. The van der Waals surface area contributed by atoms with Gasteiger partial charge in [0, 0.05) is 22.0 Å². The fraction of sp³-hybridized carbons (Fsp3) is 0.0667. The van der Waals surface area contributed by atoms with E-state index in [1.165, 1.54) is 10.1 Å². The molecule has 0 spiro atoms. The fourth-order valence-corrected chi connectivity index (χ4v) is 2.13. The van der Waals surface area contributed by atoms with Gasteiger partial charge in [0.1, 0.15) is 0 Å². The third-order valence-corrected chi connectivity index (χ3v) is 2.91. The molecule has 0 unspecified atom stereocenters. The van der Waals surface area contributed by atoms with Crippen LogP contribution in [0.4, 0.5) is 25.2 Å². The second kappa shape index (κ2) is 14.8. The van der Waals surface area contributed by atoms with Crippen molar-refractivity contribution < 1.29 is 56.2 Å². The molecule has 0 amide bonds. The van der Waals surface area contributed by atoms with Gasteiger partial charge in [0.25, 0.3) is 0 Å². The number of hydrogen-bond donors (Lipinski definition) is 0. The smallest absolute Gasteiger partial charge is 0 e. The molecule has 151 valence electrons. The Labute approximate surface area is 167 Å². The predicted molar refractivity (Wildman–Crippen MR) is 83.8 cm³/mol. The van der Waals surface area contributed by atoms with Crippen LogP contribution < -0.4 is 0 Å². The molecule has 27 heavy (non-hydrogen) atoms. The molecule has 3 nitrogen and oxygen atoms in total. The first-order valence-electron chi connectivity index (χ1n) is 6.00. The molecule has 0 aliphatic heterocycles. The van der Waals surface area contributed by atoms with Gasteiger partial charge < -0.3 is 0 Å². The summed E-state index contributed by atoms with van der Waals surface area (Å²) in [6, 6.07) is 10.5. The van der Waals surface area contributed by atoms with Crippen LogP contribution in [0, 0.1) is 25.2 Å². The van der Waals surface area contributed by atoms with Crippen molar-refractivity contribution >= 4 is 19.6 Å². The Kier molecular flexibility index (Phi) is 18.3. The molecule has 0 saturated carbocycles. The minimum Gasteiger partial charge on any atom is 0 e. The van der Waals surface area contributed by atoms with Crippen LogP contribution in [0.15, 0.2) is 59.5 Å². The van der Waals surface area contributed by atoms with Gasteiger partial charge in [0.2, 0.25) is 0 Å². The average molecular weight is 472 g/mol. The third-order valence-electron chi connectivity index (χ3n) is 1.84. The van der Waals surface area contributed by atoms with Crippen LogP contribution in [0.1, 0.15) is 6.42 Å². The molecule has 0 saturated heterocycles. The number of thioether (sulfide) groups is 1. The number of rotatable bonds is 2. The molecule has 1 aromatic rings. The Morgan fingerprint density at radius 2 is 1.19 bits per heavy atom. The van der Waals surface area contributed by atoms with Crippen LogP contribution >= 0.6 is 19.6 Å². The van der Waals surface area contributed by atoms with E-state index < -0.39 is 7.81 Å². The van der Waals surface area contributed by atoms with Crippen molar-refractivity contribution in [3.8, 4) is 0 Å². The molecular formula is C15H11F6FeO3PS-. The molecule has 0 bridgehead atoms. The predicted octanol–water partition coefficient (Wildman–Crippen LogP) is 7.09. The van der Waals surface area contributed by atoms with Crippen LogP contribution in [0.5, 0.6) is 0 Å². The zero-order valence-electron chi connectivity index (χ0n) is 13.1. The van der Waals surface area contributed by atoms with E-state index >= 15 is 0 Å². The fourth-order valence-electron chi connectivity index (χ4n) is 1.21. The van der Waals surface area contributed by atoms with Crippen molar-refractivity contribution in [1.82, 2.24) is 0 Å². The minimum atomic E-state index is -10.7. The Morgan fingerprint density at radius 1 is 0.778 bits per heavy atom. The Bertz CT molecular complexity index is 602. The molecule has 1 aromatic carbocycles. The Balaban J connectivity index is -0.000000163. The van der Waals surface area contributed by atoms with Gasteiger partial charge in [-0.2, -0.15) is 0 Å². The van der Waals surface area contributed by atoms with Gasteiger partial charge in [-0.1, -0.05) is 42.5 Å². The summed E-state index contributed by atoms with van der Waals surface area (Å²) in [4.78, 5) is 1.32. The quantitative estimate of drug-likeness (QED) is 0.149. The number of hydrogen-bond acceptors (Lipinski definition) is 1. The normalized spacial score (nSPS) is 14.1. The summed E-state index contributed by atoms with van der Waals surface area (Å²) in [7, 11) is -10.7. The summed E-state index contributed by atoms with van der Waals surface area (Å²) in [5.41, 5.74) is 0. The average Bonchev–Trinajstić information content (AvgIpc) is 2.59. The zero-order valence-corrected chi connectivity index (χ0v) is 15.9. The van der Waals surface area contributed by atoms with Crippen LogP contribution in [-0.4, -0.2) is 0 Å². The van der Waals surface area contributed by atoms with Gasteiger partial charge in [-0.3, -0.25) is 0 Å². The topological polar surface area (TPSA) is 59.7 Å². The molecule has 0 N–H and O–H groups in total. The van der Waals surface area contributed by atoms with Crippen molar-refractivity contribution in [2.45, 2.75) is 11.3 Å². The Hall–Kier alpha value is -1.20. The molecule has 0 heterocycles. The van der Waals surface area contributed by atoms with E-state index in [4.69, 9.17) is 14.0 Å². The molecule has 12 heteroatoms. The maximum absolute atomic E-state index is 10.7. The summed E-state index contributed by atoms with van der Waals surface area (Å²) < 4.78 is 81.7. The molecule has 1 aliphatic carbocycles. The molecule has 2 rings (SSSR count). The molecule has 0 atom stereocenters. The summed E-state index contributed by atoms with van der Waals surface area (Å²) >= 11 is 1.84. The van der Waals surface area contributed by atoms with E-state index in [9.17, 15) is 25.2 Å². The van der Waals surface area contributed by atoms with E-state index in [2.05, 4.69) is 68.5 Å². The summed E-state index contributed by atoms with van der Waals surface area (Å²) in [6.07, 6.45) is 9.61. The molecule has 1 radical (unpaired) electrons. The van der Waals surface area contributed by atoms with Gasteiger partial charge in [0.05, 0.1) is 5.25 Å². The van der Waals surface area contributed by atoms with Crippen molar-refractivity contribution in [3.05, 3.63) is 79.8 Å². The van der Waals surface area contributed by atoms with E-state index in [0.29, 0.717) is 0 Å². The molecular weight excluding hydrogens is 461 g/mol. The molecule has 0 fully saturated rings. The summed E-state index contributed by atoms with van der Waals surface area (Å²) in [5.74, 6) is 0. The van der Waals surface area contributed by atoms with E-state index in [1.54, 1.807) is 0 Å². The monoisotopic (exact) mass is 472 g/mol. The van der Waals surface area contributed by atoms with Gasteiger partial charge in [-0.25, -0.2) is 0 Å². The minimum absolute atomic E-state index is 0. The van der Waals surface area contributed by atoms with Gasteiger partial charge in [0.15, 0.2) is 0 Å². The van der Waals surface area contributed by atoms with Crippen molar-refractivity contribution in [2.75, 3.05) is 0 Å².